The zero-order valence-electron chi connectivity index (χ0n) is 12.7. The standard InChI is InChI=1S/C19H19ClN2/c1-2-10-21-12-17-16-11-14(20)8-9-18(16)22(19(17)13-21)15-6-4-3-5-7-15/h3-9,11H,2,10,12-13H2,1H3. The summed E-state index contributed by atoms with van der Waals surface area (Å²) < 4.78 is 2.40. The van der Waals surface area contributed by atoms with Gasteiger partial charge in [-0.05, 0) is 48.9 Å². The van der Waals surface area contributed by atoms with Crippen LogP contribution in [-0.4, -0.2) is 16.0 Å². The summed E-state index contributed by atoms with van der Waals surface area (Å²) in [6.07, 6.45) is 1.19. The maximum absolute atomic E-state index is 6.25. The molecule has 0 spiro atoms. The second-order valence-corrected chi connectivity index (χ2v) is 6.40. The van der Waals surface area contributed by atoms with Crippen LogP contribution in [0.15, 0.2) is 48.5 Å². The van der Waals surface area contributed by atoms with Crippen molar-refractivity contribution in [1.29, 1.82) is 0 Å². The maximum Gasteiger partial charge on any atom is 0.0536 e. The minimum atomic E-state index is 0.814. The van der Waals surface area contributed by atoms with Gasteiger partial charge in [0.2, 0.25) is 0 Å². The van der Waals surface area contributed by atoms with Gasteiger partial charge in [0.05, 0.1) is 5.52 Å². The molecule has 1 aromatic heterocycles. The number of nitrogens with zero attached hydrogens (tertiary/aromatic N) is 2. The second kappa shape index (κ2) is 5.45. The molecule has 0 bridgehead atoms. The smallest absolute Gasteiger partial charge is 0.0536 e. The van der Waals surface area contributed by atoms with Crippen LogP contribution >= 0.6 is 11.6 Å². The van der Waals surface area contributed by atoms with E-state index in [0.29, 0.717) is 0 Å². The summed E-state index contributed by atoms with van der Waals surface area (Å²) in [5.74, 6) is 0. The van der Waals surface area contributed by atoms with Crippen LogP contribution in [0.25, 0.3) is 16.6 Å². The molecule has 0 aliphatic carbocycles. The first-order valence-electron chi connectivity index (χ1n) is 7.87. The Hall–Kier alpha value is -1.77. The SMILES string of the molecule is CCCN1Cc2c(n(-c3ccccc3)c3ccc(Cl)cc23)C1. The highest BCUT2D eigenvalue weighted by molar-refractivity contribution is 6.31. The average molecular weight is 311 g/mol. The molecule has 1 aliphatic rings. The molecule has 0 unspecified atom stereocenters. The van der Waals surface area contributed by atoms with Crippen molar-refractivity contribution in [1.82, 2.24) is 9.47 Å². The summed E-state index contributed by atoms with van der Waals surface area (Å²) >= 11 is 6.25. The minimum absolute atomic E-state index is 0.814. The molecule has 0 saturated heterocycles. The van der Waals surface area contributed by atoms with Crippen LogP contribution in [0.5, 0.6) is 0 Å². The molecule has 3 heteroatoms. The van der Waals surface area contributed by atoms with Crippen molar-refractivity contribution in [3.05, 3.63) is 64.8 Å². The Bertz CT molecular complexity index is 820. The molecule has 0 fully saturated rings. The van der Waals surface area contributed by atoms with E-state index in [2.05, 4.69) is 58.9 Å². The lowest BCUT2D eigenvalue weighted by molar-refractivity contribution is 0.282. The number of rotatable bonds is 3. The zero-order chi connectivity index (χ0) is 15.1. The molecule has 0 N–H and O–H groups in total. The van der Waals surface area contributed by atoms with Gasteiger partial charge in [-0.25, -0.2) is 0 Å². The van der Waals surface area contributed by atoms with E-state index in [1.807, 2.05) is 6.07 Å². The monoisotopic (exact) mass is 310 g/mol. The Morgan fingerprint density at radius 1 is 1.05 bits per heavy atom. The molecular formula is C19H19ClN2. The van der Waals surface area contributed by atoms with E-state index in [0.717, 1.165) is 24.7 Å². The van der Waals surface area contributed by atoms with Crippen molar-refractivity contribution in [3.8, 4) is 5.69 Å². The Labute approximate surface area is 135 Å². The van der Waals surface area contributed by atoms with Gasteiger partial charge in [0.25, 0.3) is 0 Å². The van der Waals surface area contributed by atoms with Crippen molar-refractivity contribution in [3.63, 3.8) is 0 Å². The summed E-state index contributed by atoms with van der Waals surface area (Å²) in [7, 11) is 0. The Morgan fingerprint density at radius 2 is 1.86 bits per heavy atom. The van der Waals surface area contributed by atoms with E-state index >= 15 is 0 Å². The molecule has 3 aromatic rings. The highest BCUT2D eigenvalue weighted by Crippen LogP contribution is 2.36. The summed E-state index contributed by atoms with van der Waals surface area (Å²) in [4.78, 5) is 2.52. The lowest BCUT2D eigenvalue weighted by Gasteiger charge is -2.16. The highest BCUT2D eigenvalue weighted by Gasteiger charge is 2.26. The van der Waals surface area contributed by atoms with Gasteiger partial charge >= 0.3 is 0 Å². The first-order chi connectivity index (χ1) is 10.8. The number of para-hydroxylation sites is 1. The van der Waals surface area contributed by atoms with Gasteiger partial charge in [-0.3, -0.25) is 4.90 Å². The summed E-state index contributed by atoms with van der Waals surface area (Å²) in [6, 6.07) is 16.9. The molecule has 0 saturated carbocycles. The van der Waals surface area contributed by atoms with Crippen LogP contribution < -0.4 is 0 Å². The van der Waals surface area contributed by atoms with E-state index in [1.54, 1.807) is 0 Å². The molecule has 4 rings (SSSR count). The molecule has 1 aliphatic heterocycles. The molecule has 2 aromatic carbocycles. The van der Waals surface area contributed by atoms with Crippen molar-refractivity contribution in [2.75, 3.05) is 6.54 Å². The summed E-state index contributed by atoms with van der Waals surface area (Å²) in [5, 5.41) is 2.11. The van der Waals surface area contributed by atoms with Crippen LogP contribution in [0.1, 0.15) is 24.6 Å². The van der Waals surface area contributed by atoms with E-state index in [9.17, 15) is 0 Å². The number of benzene rings is 2. The van der Waals surface area contributed by atoms with Crippen molar-refractivity contribution >= 4 is 22.5 Å². The number of hydrogen-bond donors (Lipinski definition) is 0. The fraction of sp³-hybridized carbons (Fsp3) is 0.263. The van der Waals surface area contributed by atoms with Gasteiger partial charge in [-0.1, -0.05) is 36.7 Å². The molecule has 0 amide bonds. The molecule has 2 nitrogen and oxygen atoms in total. The number of aromatic nitrogens is 1. The predicted octanol–water partition coefficient (Wildman–Crippen LogP) is 5.01. The van der Waals surface area contributed by atoms with Crippen LogP contribution in [0.3, 0.4) is 0 Å². The first kappa shape index (κ1) is 13.9. The molecule has 112 valence electrons. The van der Waals surface area contributed by atoms with Gasteiger partial charge in [0.15, 0.2) is 0 Å². The third-order valence-corrected chi connectivity index (χ3v) is 4.69. The maximum atomic E-state index is 6.25. The van der Waals surface area contributed by atoms with Gasteiger partial charge in [0.1, 0.15) is 0 Å². The lowest BCUT2D eigenvalue weighted by Crippen LogP contribution is -2.18. The number of halogens is 1. The lowest BCUT2D eigenvalue weighted by atomic mass is 10.1. The van der Waals surface area contributed by atoms with E-state index < -0.39 is 0 Å². The first-order valence-corrected chi connectivity index (χ1v) is 8.25. The average Bonchev–Trinajstić information content (AvgIpc) is 3.05. The third-order valence-electron chi connectivity index (χ3n) is 4.45. The largest absolute Gasteiger partial charge is 0.312 e. The third kappa shape index (κ3) is 2.15. The Balaban J connectivity index is 1.95. The van der Waals surface area contributed by atoms with Crippen molar-refractivity contribution in [2.24, 2.45) is 0 Å². The van der Waals surface area contributed by atoms with Gasteiger partial charge in [-0.2, -0.15) is 0 Å². The highest BCUT2D eigenvalue weighted by atomic mass is 35.5. The van der Waals surface area contributed by atoms with E-state index in [1.165, 1.54) is 34.3 Å². The molecule has 2 heterocycles. The van der Waals surface area contributed by atoms with Crippen LogP contribution in [-0.2, 0) is 13.1 Å². The van der Waals surface area contributed by atoms with Gasteiger partial charge in [-0.15, -0.1) is 0 Å². The van der Waals surface area contributed by atoms with Gasteiger partial charge < -0.3 is 4.57 Å². The fourth-order valence-electron chi connectivity index (χ4n) is 3.56. The normalized spacial score (nSPS) is 14.6. The van der Waals surface area contributed by atoms with Crippen LogP contribution in [0, 0.1) is 0 Å². The Morgan fingerprint density at radius 3 is 2.64 bits per heavy atom. The minimum Gasteiger partial charge on any atom is -0.312 e. The van der Waals surface area contributed by atoms with E-state index in [4.69, 9.17) is 11.6 Å². The predicted molar refractivity (Wildman–Crippen MR) is 92.7 cm³/mol. The fourth-order valence-corrected chi connectivity index (χ4v) is 3.73. The summed E-state index contributed by atoms with van der Waals surface area (Å²) in [6.45, 7) is 5.43. The van der Waals surface area contributed by atoms with Crippen LogP contribution in [0.2, 0.25) is 5.02 Å². The van der Waals surface area contributed by atoms with Gasteiger partial charge in [0, 0.05) is 34.9 Å². The van der Waals surface area contributed by atoms with Crippen molar-refractivity contribution in [2.45, 2.75) is 26.4 Å². The quantitative estimate of drug-likeness (QED) is 0.660. The topological polar surface area (TPSA) is 8.17 Å². The number of hydrogen-bond acceptors (Lipinski definition) is 1. The molecule has 22 heavy (non-hydrogen) atoms. The van der Waals surface area contributed by atoms with Crippen molar-refractivity contribution < 1.29 is 0 Å². The molecular weight excluding hydrogens is 292 g/mol. The van der Waals surface area contributed by atoms with Crippen LogP contribution in [0.4, 0.5) is 0 Å². The Kier molecular flexibility index (Phi) is 3.44. The number of fused-ring (bicyclic) bond motifs is 3. The molecule has 0 radical (unpaired) electrons. The molecule has 0 atom stereocenters. The zero-order valence-corrected chi connectivity index (χ0v) is 13.5. The second-order valence-electron chi connectivity index (χ2n) is 5.97. The van der Waals surface area contributed by atoms with E-state index in [-0.39, 0.29) is 0 Å². The summed E-state index contributed by atoms with van der Waals surface area (Å²) in [5.41, 5.74) is 5.35.